The molecule has 1 amide bonds. The summed E-state index contributed by atoms with van der Waals surface area (Å²) in [5, 5.41) is 6.11. The highest BCUT2D eigenvalue weighted by Crippen LogP contribution is 2.15. The van der Waals surface area contributed by atoms with E-state index in [1.54, 1.807) is 11.8 Å². The minimum absolute atomic E-state index is 0.0555. The second-order valence-electron chi connectivity index (χ2n) is 4.80. The molecule has 5 heteroatoms. The number of nitrogens with one attached hydrogen (secondary N) is 2. The molecule has 0 aliphatic carbocycles. The van der Waals surface area contributed by atoms with Crippen molar-refractivity contribution in [2.75, 3.05) is 11.6 Å². The Kier molecular flexibility index (Phi) is 5.10. The molecule has 0 radical (unpaired) electrons. The molecule has 1 saturated heterocycles. The molecule has 1 aliphatic rings. The highest BCUT2D eigenvalue weighted by atomic mass is 32.2. The molecule has 0 aromatic heterocycles. The molecule has 2 rings (SSSR count). The van der Waals surface area contributed by atoms with Crippen LogP contribution in [0.4, 0.5) is 0 Å². The van der Waals surface area contributed by atoms with Crippen molar-refractivity contribution < 1.29 is 9.53 Å². The fourth-order valence-electron chi connectivity index (χ4n) is 1.88. The smallest absolute Gasteiger partial charge is 0.238 e. The van der Waals surface area contributed by atoms with Gasteiger partial charge in [-0.25, -0.2) is 0 Å². The average Bonchev–Trinajstić information content (AvgIpc) is 2.89. The van der Waals surface area contributed by atoms with Crippen LogP contribution in [0.15, 0.2) is 24.3 Å². The molecular formula is C14H20N2O2S. The van der Waals surface area contributed by atoms with Gasteiger partial charge in [-0.15, -0.1) is 11.8 Å². The minimum Gasteiger partial charge on any atom is -0.491 e. The van der Waals surface area contributed by atoms with Crippen molar-refractivity contribution in [3.63, 3.8) is 0 Å². The molecule has 2 N–H and O–H groups in total. The summed E-state index contributed by atoms with van der Waals surface area (Å²) in [5.41, 5.74) is 1.05. The molecule has 0 unspecified atom stereocenters. The van der Waals surface area contributed by atoms with Crippen LogP contribution in [0.5, 0.6) is 5.75 Å². The fourth-order valence-corrected chi connectivity index (χ4v) is 2.82. The highest BCUT2D eigenvalue weighted by Gasteiger charge is 2.21. The first-order valence-corrected chi connectivity index (χ1v) is 7.65. The molecule has 104 valence electrons. The van der Waals surface area contributed by atoms with Crippen LogP contribution in [-0.4, -0.2) is 29.7 Å². The number of rotatable bonds is 5. The molecule has 0 spiro atoms. The average molecular weight is 280 g/mol. The first kappa shape index (κ1) is 14.2. The van der Waals surface area contributed by atoms with E-state index in [1.807, 2.05) is 38.1 Å². The summed E-state index contributed by atoms with van der Waals surface area (Å²) in [7, 11) is 0. The normalized spacial score (nSPS) is 18.6. The maximum Gasteiger partial charge on any atom is 0.238 e. The molecule has 19 heavy (non-hydrogen) atoms. The lowest BCUT2D eigenvalue weighted by Crippen LogP contribution is -2.41. The number of hydrogen-bond donors (Lipinski definition) is 2. The zero-order valence-electron chi connectivity index (χ0n) is 11.3. The number of thioether (sulfide) groups is 1. The second-order valence-corrected chi connectivity index (χ2v) is 5.83. The Morgan fingerprint density at radius 3 is 3.11 bits per heavy atom. The van der Waals surface area contributed by atoms with Gasteiger partial charge in [0.2, 0.25) is 5.91 Å². The lowest BCUT2D eigenvalue weighted by Gasteiger charge is -2.13. The molecular weight excluding hydrogens is 260 g/mol. The van der Waals surface area contributed by atoms with E-state index in [1.165, 1.54) is 0 Å². The first-order chi connectivity index (χ1) is 9.15. The van der Waals surface area contributed by atoms with Gasteiger partial charge in [-0.1, -0.05) is 12.1 Å². The Morgan fingerprint density at radius 2 is 2.42 bits per heavy atom. The fraction of sp³-hybridized carbons (Fsp3) is 0.500. The van der Waals surface area contributed by atoms with Gasteiger partial charge in [0.15, 0.2) is 0 Å². The van der Waals surface area contributed by atoms with Gasteiger partial charge in [-0.2, -0.15) is 0 Å². The lowest BCUT2D eigenvalue weighted by atomic mass is 10.2. The van der Waals surface area contributed by atoms with Crippen molar-refractivity contribution in [3.8, 4) is 5.75 Å². The van der Waals surface area contributed by atoms with E-state index in [-0.39, 0.29) is 18.1 Å². The molecule has 4 nitrogen and oxygen atoms in total. The van der Waals surface area contributed by atoms with Crippen LogP contribution in [0.2, 0.25) is 0 Å². The summed E-state index contributed by atoms with van der Waals surface area (Å²) in [4.78, 5) is 11.9. The number of hydrogen-bond acceptors (Lipinski definition) is 4. The van der Waals surface area contributed by atoms with Crippen LogP contribution in [0, 0.1) is 0 Å². The van der Waals surface area contributed by atoms with Crippen molar-refractivity contribution in [1.82, 2.24) is 10.6 Å². The van der Waals surface area contributed by atoms with E-state index in [9.17, 15) is 4.79 Å². The Balaban J connectivity index is 1.86. The van der Waals surface area contributed by atoms with Gasteiger partial charge >= 0.3 is 0 Å². The highest BCUT2D eigenvalue weighted by molar-refractivity contribution is 7.99. The molecule has 1 fully saturated rings. The van der Waals surface area contributed by atoms with Gasteiger partial charge in [0, 0.05) is 18.2 Å². The molecule has 1 aromatic carbocycles. The van der Waals surface area contributed by atoms with Crippen LogP contribution in [0.25, 0.3) is 0 Å². The summed E-state index contributed by atoms with van der Waals surface area (Å²) in [6, 6.07) is 7.78. The largest absolute Gasteiger partial charge is 0.491 e. The standard InChI is InChI=1S/C14H20N2O2S/c1-10(2)18-12-5-3-4-11(6-12)7-15-14(17)13-8-19-9-16-13/h3-6,10,13,16H,7-9H2,1-2H3,(H,15,17)/t13-/m0/s1. The maximum absolute atomic E-state index is 11.9. The zero-order chi connectivity index (χ0) is 13.7. The molecule has 1 atom stereocenters. The summed E-state index contributed by atoms with van der Waals surface area (Å²) >= 11 is 1.75. The summed E-state index contributed by atoms with van der Waals surface area (Å²) < 4.78 is 5.63. The van der Waals surface area contributed by atoms with Crippen molar-refractivity contribution in [2.45, 2.75) is 32.5 Å². The van der Waals surface area contributed by atoms with Crippen molar-refractivity contribution in [3.05, 3.63) is 29.8 Å². The van der Waals surface area contributed by atoms with E-state index in [2.05, 4.69) is 10.6 Å². The third-order valence-corrected chi connectivity index (χ3v) is 3.71. The van der Waals surface area contributed by atoms with Crippen molar-refractivity contribution in [1.29, 1.82) is 0 Å². The van der Waals surface area contributed by atoms with E-state index in [4.69, 9.17) is 4.74 Å². The molecule has 0 bridgehead atoms. The van der Waals surface area contributed by atoms with Gasteiger partial charge in [-0.3, -0.25) is 10.1 Å². The van der Waals surface area contributed by atoms with Crippen LogP contribution >= 0.6 is 11.8 Å². The van der Waals surface area contributed by atoms with Crippen LogP contribution < -0.4 is 15.4 Å². The van der Waals surface area contributed by atoms with Crippen LogP contribution in [0.1, 0.15) is 19.4 Å². The SMILES string of the molecule is CC(C)Oc1cccc(CNC(=O)[C@@H]2CSCN2)c1. The van der Waals surface area contributed by atoms with E-state index >= 15 is 0 Å². The van der Waals surface area contributed by atoms with E-state index in [0.29, 0.717) is 6.54 Å². The number of benzene rings is 1. The number of carbonyl (C=O) groups excluding carboxylic acids is 1. The number of carbonyl (C=O) groups is 1. The topological polar surface area (TPSA) is 50.4 Å². The Hall–Kier alpha value is -1.20. The third kappa shape index (κ3) is 4.44. The number of amides is 1. The second kappa shape index (κ2) is 6.82. The molecule has 1 aromatic rings. The molecule has 0 saturated carbocycles. The number of ether oxygens (including phenoxy) is 1. The summed E-state index contributed by atoms with van der Waals surface area (Å²) in [6.07, 6.45) is 0.157. The van der Waals surface area contributed by atoms with Gasteiger partial charge in [0.1, 0.15) is 5.75 Å². The predicted octanol–water partition coefficient (Wildman–Crippen LogP) is 1.75. The zero-order valence-corrected chi connectivity index (χ0v) is 12.1. The summed E-state index contributed by atoms with van der Waals surface area (Å²) in [6.45, 7) is 4.53. The first-order valence-electron chi connectivity index (χ1n) is 6.49. The van der Waals surface area contributed by atoms with Gasteiger partial charge < -0.3 is 10.1 Å². The minimum atomic E-state index is -0.0555. The predicted molar refractivity (Wildman–Crippen MR) is 78.3 cm³/mol. The quantitative estimate of drug-likeness (QED) is 0.863. The van der Waals surface area contributed by atoms with Crippen molar-refractivity contribution in [2.24, 2.45) is 0 Å². The van der Waals surface area contributed by atoms with E-state index in [0.717, 1.165) is 22.9 Å². The summed E-state index contributed by atoms with van der Waals surface area (Å²) in [5.74, 6) is 2.62. The Labute approximate surface area is 118 Å². The third-order valence-electron chi connectivity index (χ3n) is 2.77. The Bertz CT molecular complexity index is 431. The van der Waals surface area contributed by atoms with Gasteiger partial charge in [0.05, 0.1) is 12.1 Å². The Morgan fingerprint density at radius 1 is 1.58 bits per heavy atom. The lowest BCUT2D eigenvalue weighted by molar-refractivity contribution is -0.122. The van der Waals surface area contributed by atoms with Gasteiger partial charge in [0.25, 0.3) is 0 Å². The van der Waals surface area contributed by atoms with Crippen LogP contribution in [0.3, 0.4) is 0 Å². The molecule has 1 aliphatic heterocycles. The molecule has 1 heterocycles. The van der Waals surface area contributed by atoms with E-state index < -0.39 is 0 Å². The van der Waals surface area contributed by atoms with Crippen molar-refractivity contribution >= 4 is 17.7 Å². The maximum atomic E-state index is 11.9. The monoisotopic (exact) mass is 280 g/mol. The van der Waals surface area contributed by atoms with Crippen LogP contribution in [-0.2, 0) is 11.3 Å². The van der Waals surface area contributed by atoms with Gasteiger partial charge in [-0.05, 0) is 31.5 Å².